The Morgan fingerprint density at radius 3 is 2.68 bits per heavy atom. The normalized spacial score (nSPS) is 17.2. The fourth-order valence-corrected chi connectivity index (χ4v) is 4.73. The van der Waals surface area contributed by atoms with E-state index >= 15 is 0 Å². The Hall–Kier alpha value is -1.74. The molecule has 0 atom stereocenters. The van der Waals surface area contributed by atoms with Crippen LogP contribution in [0, 0.1) is 0 Å². The summed E-state index contributed by atoms with van der Waals surface area (Å²) in [5.74, 6) is -0.0162. The molecule has 0 spiro atoms. The second kappa shape index (κ2) is 7.65. The van der Waals surface area contributed by atoms with Crippen molar-refractivity contribution >= 4 is 20.9 Å². The van der Waals surface area contributed by atoms with Crippen LogP contribution in [0.4, 0.5) is 0 Å². The number of sulfonamides is 1. The summed E-state index contributed by atoms with van der Waals surface area (Å²) < 4.78 is 32.7. The van der Waals surface area contributed by atoms with Crippen molar-refractivity contribution in [3.8, 4) is 5.75 Å². The van der Waals surface area contributed by atoms with Crippen molar-refractivity contribution in [3.63, 3.8) is 0 Å². The number of aromatic nitrogens is 1. The van der Waals surface area contributed by atoms with Gasteiger partial charge < -0.3 is 14.7 Å². The molecule has 1 aliphatic heterocycles. The third-order valence-corrected chi connectivity index (χ3v) is 6.44. The van der Waals surface area contributed by atoms with Crippen LogP contribution in [-0.4, -0.2) is 74.2 Å². The van der Waals surface area contributed by atoms with E-state index in [1.54, 1.807) is 19.2 Å². The third-order valence-electron chi connectivity index (χ3n) is 4.48. The van der Waals surface area contributed by atoms with Crippen LogP contribution in [-0.2, 0) is 14.8 Å². The molecule has 0 aliphatic carbocycles. The molecule has 0 radical (unpaired) electrons. The highest BCUT2D eigenvalue weighted by atomic mass is 32.2. The van der Waals surface area contributed by atoms with Gasteiger partial charge in [0.2, 0.25) is 10.0 Å². The second-order valence-electron chi connectivity index (χ2n) is 6.07. The molecule has 1 fully saturated rings. The lowest BCUT2D eigenvalue weighted by Crippen LogP contribution is -2.48. The van der Waals surface area contributed by atoms with Crippen LogP contribution >= 0.6 is 0 Å². The number of nitrogens with zero attached hydrogens (tertiary/aromatic N) is 3. The lowest BCUT2D eigenvalue weighted by Gasteiger charge is -2.34. The quantitative estimate of drug-likeness (QED) is 0.777. The summed E-state index contributed by atoms with van der Waals surface area (Å²) in [5.41, 5.74) is 0.307. The van der Waals surface area contributed by atoms with E-state index in [1.807, 2.05) is 0 Å². The Kier molecular flexibility index (Phi) is 5.53. The molecular weight excluding hydrogens is 342 g/mol. The zero-order chi connectivity index (χ0) is 17.9. The Morgan fingerprint density at radius 2 is 1.96 bits per heavy atom. The predicted octanol–water partition coefficient (Wildman–Crippen LogP) is 1.28. The average molecular weight is 365 g/mol. The fraction of sp³-hybridized carbons (Fsp3) is 0.471. The molecule has 0 unspecified atom stereocenters. The van der Waals surface area contributed by atoms with Gasteiger partial charge in [0.25, 0.3) is 0 Å². The van der Waals surface area contributed by atoms with Gasteiger partial charge in [0.15, 0.2) is 0 Å². The summed E-state index contributed by atoms with van der Waals surface area (Å²) in [6, 6.07) is 6.20. The molecule has 2 aromatic rings. The highest BCUT2D eigenvalue weighted by molar-refractivity contribution is 7.89. The number of piperazine rings is 1. The van der Waals surface area contributed by atoms with Crippen LogP contribution < -0.4 is 0 Å². The highest BCUT2D eigenvalue weighted by Crippen LogP contribution is 2.30. The van der Waals surface area contributed by atoms with E-state index in [4.69, 9.17) is 4.74 Å². The van der Waals surface area contributed by atoms with Crippen LogP contribution in [0.15, 0.2) is 35.4 Å². The van der Waals surface area contributed by atoms with Gasteiger partial charge in [-0.2, -0.15) is 4.31 Å². The van der Waals surface area contributed by atoms with Gasteiger partial charge in [0.1, 0.15) is 11.3 Å². The van der Waals surface area contributed by atoms with Crippen LogP contribution in [0.2, 0.25) is 0 Å². The molecule has 1 aliphatic rings. The zero-order valence-electron chi connectivity index (χ0n) is 14.3. The van der Waals surface area contributed by atoms with E-state index in [0.717, 1.165) is 13.0 Å². The zero-order valence-corrected chi connectivity index (χ0v) is 15.1. The van der Waals surface area contributed by atoms with Gasteiger partial charge in [-0.05, 0) is 30.7 Å². The van der Waals surface area contributed by atoms with Crippen molar-refractivity contribution in [1.82, 2.24) is 14.2 Å². The van der Waals surface area contributed by atoms with Crippen LogP contribution in [0.1, 0.15) is 6.42 Å². The summed E-state index contributed by atoms with van der Waals surface area (Å²) in [6.07, 6.45) is 2.48. The highest BCUT2D eigenvalue weighted by Gasteiger charge is 2.30. The molecule has 0 bridgehead atoms. The van der Waals surface area contributed by atoms with Crippen molar-refractivity contribution in [1.29, 1.82) is 0 Å². The number of methoxy groups -OCH3 is 1. The molecule has 0 amide bonds. The minimum Gasteiger partial charge on any atom is -0.506 e. The summed E-state index contributed by atoms with van der Waals surface area (Å²) in [4.78, 5) is 6.55. The van der Waals surface area contributed by atoms with Crippen molar-refractivity contribution in [2.45, 2.75) is 11.3 Å². The molecule has 1 aromatic heterocycles. The number of hydrogen-bond donors (Lipinski definition) is 1. The lowest BCUT2D eigenvalue weighted by atomic mass is 10.2. The first-order valence-electron chi connectivity index (χ1n) is 8.32. The smallest absolute Gasteiger partial charge is 0.243 e. The number of benzene rings is 1. The number of phenolic OH excluding ortho intramolecular Hbond substituents is 1. The molecular formula is C17H23N3O4S. The van der Waals surface area contributed by atoms with Crippen molar-refractivity contribution in [3.05, 3.63) is 30.5 Å². The number of pyridine rings is 1. The van der Waals surface area contributed by atoms with E-state index in [0.29, 0.717) is 43.7 Å². The maximum absolute atomic E-state index is 13.1. The SMILES string of the molecule is COCCCN1CCN(S(=O)(=O)c2ccc(O)c3ncccc23)CC1. The number of aromatic hydroxyl groups is 1. The van der Waals surface area contributed by atoms with Crippen molar-refractivity contribution in [2.24, 2.45) is 0 Å². The summed E-state index contributed by atoms with van der Waals surface area (Å²) in [6.45, 7) is 3.95. The number of fused-ring (bicyclic) bond motifs is 1. The van der Waals surface area contributed by atoms with E-state index < -0.39 is 10.0 Å². The molecule has 3 rings (SSSR count). The van der Waals surface area contributed by atoms with Gasteiger partial charge in [0, 0.05) is 58.0 Å². The number of rotatable bonds is 6. The average Bonchev–Trinajstić information content (AvgIpc) is 2.63. The Bertz CT molecular complexity index is 833. The Labute approximate surface area is 147 Å². The number of hydrogen-bond acceptors (Lipinski definition) is 6. The maximum atomic E-state index is 13.1. The minimum absolute atomic E-state index is 0.0162. The molecule has 0 saturated carbocycles. The molecule has 1 N–H and O–H groups in total. The second-order valence-corrected chi connectivity index (χ2v) is 7.98. The molecule has 8 heteroatoms. The van der Waals surface area contributed by atoms with Gasteiger partial charge in [-0.1, -0.05) is 0 Å². The van der Waals surface area contributed by atoms with Gasteiger partial charge in [-0.3, -0.25) is 4.98 Å². The van der Waals surface area contributed by atoms with Crippen LogP contribution in [0.5, 0.6) is 5.75 Å². The standard InChI is InChI=1S/C17H23N3O4S/c1-24-13-3-8-19-9-11-20(12-10-19)25(22,23)16-6-5-15(21)17-14(16)4-2-7-18-17/h2,4-7,21H,3,8-13H2,1H3. The first-order valence-corrected chi connectivity index (χ1v) is 9.76. The lowest BCUT2D eigenvalue weighted by molar-refractivity contribution is 0.149. The van der Waals surface area contributed by atoms with E-state index in [9.17, 15) is 13.5 Å². The summed E-state index contributed by atoms with van der Waals surface area (Å²) >= 11 is 0. The molecule has 1 saturated heterocycles. The minimum atomic E-state index is -3.62. The molecule has 2 heterocycles. The number of ether oxygens (including phenoxy) is 1. The predicted molar refractivity (Wildman–Crippen MR) is 95.1 cm³/mol. The van der Waals surface area contributed by atoms with Crippen molar-refractivity contribution < 1.29 is 18.3 Å². The van der Waals surface area contributed by atoms with Gasteiger partial charge in [0.05, 0.1) is 4.90 Å². The van der Waals surface area contributed by atoms with Crippen molar-refractivity contribution in [2.75, 3.05) is 46.4 Å². The molecule has 25 heavy (non-hydrogen) atoms. The number of phenols is 1. The van der Waals surface area contributed by atoms with Crippen LogP contribution in [0.25, 0.3) is 10.9 Å². The fourth-order valence-electron chi connectivity index (χ4n) is 3.12. The van der Waals surface area contributed by atoms with E-state index in [1.165, 1.54) is 22.6 Å². The molecule has 1 aromatic carbocycles. The Balaban J connectivity index is 1.79. The largest absolute Gasteiger partial charge is 0.506 e. The first kappa shape index (κ1) is 18.1. The van der Waals surface area contributed by atoms with Gasteiger partial charge in [-0.15, -0.1) is 0 Å². The van der Waals surface area contributed by atoms with Crippen LogP contribution in [0.3, 0.4) is 0 Å². The first-order chi connectivity index (χ1) is 12.0. The third kappa shape index (κ3) is 3.77. The van der Waals surface area contributed by atoms with E-state index in [2.05, 4.69) is 9.88 Å². The summed E-state index contributed by atoms with van der Waals surface area (Å²) in [7, 11) is -1.94. The Morgan fingerprint density at radius 1 is 1.20 bits per heavy atom. The maximum Gasteiger partial charge on any atom is 0.243 e. The molecule has 7 nitrogen and oxygen atoms in total. The van der Waals surface area contributed by atoms with E-state index in [-0.39, 0.29) is 10.6 Å². The van der Waals surface area contributed by atoms with Gasteiger partial charge >= 0.3 is 0 Å². The van der Waals surface area contributed by atoms with Gasteiger partial charge in [-0.25, -0.2) is 8.42 Å². The molecule has 136 valence electrons. The summed E-state index contributed by atoms with van der Waals surface area (Å²) in [5, 5.41) is 10.4. The topological polar surface area (TPSA) is 83.0 Å². The monoisotopic (exact) mass is 365 g/mol.